The van der Waals surface area contributed by atoms with E-state index in [9.17, 15) is 4.79 Å². The van der Waals surface area contributed by atoms with Crippen LogP contribution in [0.5, 0.6) is 0 Å². The zero-order chi connectivity index (χ0) is 12.5. The summed E-state index contributed by atoms with van der Waals surface area (Å²) in [5, 5.41) is 2.69. The third-order valence-corrected chi connectivity index (χ3v) is 5.12. The maximum Gasteiger partial charge on any atom is 0.271 e. The Morgan fingerprint density at radius 3 is 3.33 bits per heavy atom. The van der Waals surface area contributed by atoms with Crippen molar-refractivity contribution in [2.24, 2.45) is 7.05 Å². The predicted molar refractivity (Wildman–Crippen MR) is 74.6 cm³/mol. The van der Waals surface area contributed by atoms with Gasteiger partial charge in [-0.25, -0.2) is 4.98 Å². The fourth-order valence-corrected chi connectivity index (χ4v) is 3.88. The van der Waals surface area contributed by atoms with Gasteiger partial charge in [-0.3, -0.25) is 9.36 Å². The fraction of sp³-hybridized carbons (Fsp3) is 0.500. The lowest BCUT2D eigenvalue weighted by Gasteiger charge is -2.10. The molecule has 4 nitrogen and oxygen atoms in total. The molecule has 96 valence electrons. The van der Waals surface area contributed by atoms with Gasteiger partial charge in [0.1, 0.15) is 4.70 Å². The number of rotatable bonds is 3. The normalized spacial score (nSPS) is 19.7. The Hall–Kier alpha value is -0.850. The Morgan fingerprint density at radius 1 is 1.67 bits per heavy atom. The molecule has 0 radical (unpaired) electrons. The summed E-state index contributed by atoms with van der Waals surface area (Å²) < 4.78 is 7.96. The molecule has 1 atom stereocenters. The number of hydrogen-bond acceptors (Lipinski definition) is 5. The van der Waals surface area contributed by atoms with Crippen molar-refractivity contribution in [1.29, 1.82) is 0 Å². The minimum absolute atomic E-state index is 0.0461. The van der Waals surface area contributed by atoms with Gasteiger partial charge in [-0.15, -0.1) is 11.3 Å². The van der Waals surface area contributed by atoms with Gasteiger partial charge in [0.15, 0.2) is 5.16 Å². The number of aromatic nitrogens is 2. The number of nitrogens with zero attached hydrogens (tertiary/aromatic N) is 2. The van der Waals surface area contributed by atoms with Crippen molar-refractivity contribution in [2.75, 3.05) is 12.4 Å². The van der Waals surface area contributed by atoms with Crippen LogP contribution < -0.4 is 5.56 Å². The van der Waals surface area contributed by atoms with E-state index in [1.807, 2.05) is 11.4 Å². The van der Waals surface area contributed by atoms with Gasteiger partial charge in [0.2, 0.25) is 0 Å². The average Bonchev–Trinajstić information content (AvgIpc) is 3.02. The Kier molecular flexibility index (Phi) is 3.41. The lowest BCUT2D eigenvalue weighted by atomic mass is 10.3. The van der Waals surface area contributed by atoms with Crippen LogP contribution in [0.4, 0.5) is 0 Å². The first-order chi connectivity index (χ1) is 8.75. The first kappa shape index (κ1) is 12.2. The van der Waals surface area contributed by atoms with Gasteiger partial charge in [-0.1, -0.05) is 11.8 Å². The molecule has 0 amide bonds. The molecule has 6 heteroatoms. The van der Waals surface area contributed by atoms with Crippen LogP contribution >= 0.6 is 23.1 Å². The zero-order valence-corrected chi connectivity index (χ0v) is 11.7. The average molecular weight is 282 g/mol. The molecule has 1 aliphatic heterocycles. The maximum absolute atomic E-state index is 12.1. The van der Waals surface area contributed by atoms with Crippen molar-refractivity contribution >= 4 is 33.3 Å². The molecule has 2 aromatic heterocycles. The molecule has 0 N–H and O–H groups in total. The molecule has 0 bridgehead atoms. The molecule has 0 aromatic carbocycles. The maximum atomic E-state index is 12.1. The summed E-state index contributed by atoms with van der Waals surface area (Å²) >= 11 is 3.06. The molecular formula is C12H14N2O2S2. The van der Waals surface area contributed by atoms with Crippen molar-refractivity contribution in [2.45, 2.75) is 24.1 Å². The summed E-state index contributed by atoms with van der Waals surface area (Å²) in [7, 11) is 1.78. The van der Waals surface area contributed by atoms with Crippen molar-refractivity contribution in [3.8, 4) is 0 Å². The SMILES string of the molecule is Cn1c(SCC2CCCO2)nc2ccsc2c1=O. The number of hydrogen-bond donors (Lipinski definition) is 0. The molecule has 0 aliphatic carbocycles. The molecule has 2 aromatic rings. The highest BCUT2D eigenvalue weighted by atomic mass is 32.2. The van der Waals surface area contributed by atoms with E-state index in [0.29, 0.717) is 6.10 Å². The summed E-state index contributed by atoms with van der Waals surface area (Å²) in [6.07, 6.45) is 2.56. The van der Waals surface area contributed by atoms with Crippen molar-refractivity contribution in [3.63, 3.8) is 0 Å². The Labute approximate surface area is 113 Å². The minimum atomic E-state index is 0.0461. The molecule has 3 rings (SSSR count). The van der Waals surface area contributed by atoms with Gasteiger partial charge in [-0.2, -0.15) is 0 Å². The van der Waals surface area contributed by atoms with Gasteiger partial charge < -0.3 is 4.74 Å². The summed E-state index contributed by atoms with van der Waals surface area (Å²) in [6, 6.07) is 1.90. The first-order valence-corrected chi connectivity index (χ1v) is 7.81. The molecule has 1 fully saturated rings. The van der Waals surface area contributed by atoms with Crippen LogP contribution in [0.3, 0.4) is 0 Å². The second-order valence-electron chi connectivity index (χ2n) is 4.34. The third kappa shape index (κ3) is 2.20. The molecule has 1 aliphatic rings. The molecule has 1 saturated heterocycles. The highest BCUT2D eigenvalue weighted by Crippen LogP contribution is 2.23. The molecule has 3 heterocycles. The molecule has 0 spiro atoms. The van der Waals surface area contributed by atoms with Crippen LogP contribution in [-0.2, 0) is 11.8 Å². The lowest BCUT2D eigenvalue weighted by Crippen LogP contribution is -2.20. The van der Waals surface area contributed by atoms with E-state index >= 15 is 0 Å². The van der Waals surface area contributed by atoms with E-state index in [-0.39, 0.29) is 5.56 Å². The Bertz CT molecular complexity index is 614. The van der Waals surface area contributed by atoms with E-state index in [1.165, 1.54) is 11.3 Å². The van der Waals surface area contributed by atoms with Gasteiger partial charge in [0, 0.05) is 19.4 Å². The quantitative estimate of drug-likeness (QED) is 0.640. The minimum Gasteiger partial charge on any atom is -0.377 e. The molecular weight excluding hydrogens is 268 g/mol. The monoisotopic (exact) mass is 282 g/mol. The first-order valence-electron chi connectivity index (χ1n) is 5.94. The van der Waals surface area contributed by atoms with Gasteiger partial charge in [0.05, 0.1) is 11.6 Å². The number of ether oxygens (including phenoxy) is 1. The van der Waals surface area contributed by atoms with E-state index in [4.69, 9.17) is 4.74 Å². The van der Waals surface area contributed by atoms with Crippen molar-refractivity contribution in [3.05, 3.63) is 21.8 Å². The predicted octanol–water partition coefficient (Wildman–Crippen LogP) is 2.27. The van der Waals surface area contributed by atoms with Gasteiger partial charge in [0.25, 0.3) is 5.56 Å². The van der Waals surface area contributed by atoms with Crippen LogP contribution in [0, 0.1) is 0 Å². The van der Waals surface area contributed by atoms with Crippen LogP contribution in [0.15, 0.2) is 21.4 Å². The number of fused-ring (bicyclic) bond motifs is 1. The van der Waals surface area contributed by atoms with E-state index in [0.717, 1.165) is 40.6 Å². The van der Waals surface area contributed by atoms with Gasteiger partial charge in [-0.05, 0) is 24.3 Å². The summed E-state index contributed by atoms with van der Waals surface area (Å²) in [5.74, 6) is 0.871. The second kappa shape index (κ2) is 5.03. The van der Waals surface area contributed by atoms with Gasteiger partial charge >= 0.3 is 0 Å². The number of thioether (sulfide) groups is 1. The summed E-state index contributed by atoms with van der Waals surface area (Å²) in [4.78, 5) is 16.6. The Morgan fingerprint density at radius 2 is 2.56 bits per heavy atom. The highest BCUT2D eigenvalue weighted by Gasteiger charge is 2.17. The Balaban J connectivity index is 1.86. The summed E-state index contributed by atoms with van der Waals surface area (Å²) in [5.41, 5.74) is 0.850. The van der Waals surface area contributed by atoms with Crippen LogP contribution in [0.2, 0.25) is 0 Å². The van der Waals surface area contributed by atoms with Crippen molar-refractivity contribution in [1.82, 2.24) is 9.55 Å². The molecule has 0 saturated carbocycles. The zero-order valence-electron chi connectivity index (χ0n) is 10.1. The second-order valence-corrected chi connectivity index (χ2v) is 6.24. The van der Waals surface area contributed by atoms with Crippen LogP contribution in [0.1, 0.15) is 12.8 Å². The van der Waals surface area contributed by atoms with Crippen molar-refractivity contribution < 1.29 is 4.74 Å². The molecule has 18 heavy (non-hydrogen) atoms. The largest absolute Gasteiger partial charge is 0.377 e. The number of thiophene rings is 1. The fourth-order valence-electron chi connectivity index (χ4n) is 2.04. The van der Waals surface area contributed by atoms with Crippen LogP contribution in [-0.4, -0.2) is 28.0 Å². The summed E-state index contributed by atoms with van der Waals surface area (Å²) in [6.45, 7) is 0.862. The smallest absolute Gasteiger partial charge is 0.271 e. The topological polar surface area (TPSA) is 44.1 Å². The highest BCUT2D eigenvalue weighted by molar-refractivity contribution is 7.99. The third-order valence-electron chi connectivity index (χ3n) is 3.07. The van der Waals surface area contributed by atoms with E-state index in [1.54, 1.807) is 23.4 Å². The van der Waals surface area contributed by atoms with E-state index in [2.05, 4.69) is 4.98 Å². The standard InChI is InChI=1S/C12H14N2O2S2/c1-14-11(15)10-9(4-6-17-10)13-12(14)18-7-8-3-2-5-16-8/h4,6,8H,2-3,5,7H2,1H3. The van der Waals surface area contributed by atoms with E-state index < -0.39 is 0 Å². The lowest BCUT2D eigenvalue weighted by molar-refractivity contribution is 0.129. The molecule has 1 unspecified atom stereocenters. The van der Waals surface area contributed by atoms with Crippen LogP contribution in [0.25, 0.3) is 10.2 Å².